The van der Waals surface area contributed by atoms with Crippen molar-refractivity contribution in [3.8, 4) is 5.75 Å². The third-order valence-electron chi connectivity index (χ3n) is 4.53. The molecule has 0 saturated carbocycles. The lowest BCUT2D eigenvalue weighted by molar-refractivity contribution is -0.133. The van der Waals surface area contributed by atoms with E-state index in [9.17, 15) is 19.5 Å². The summed E-state index contributed by atoms with van der Waals surface area (Å²) in [5.74, 6) is -0.0968. The molecule has 8 heteroatoms. The fourth-order valence-corrected chi connectivity index (χ4v) is 4.27. The molecule has 3 rings (SSSR count). The SMILES string of the molecule is C=CC(=O)Nc1ccc(O)c(C(=O)N2CSCC2C(=O)N2CCCC2)c1. The van der Waals surface area contributed by atoms with E-state index >= 15 is 0 Å². The van der Waals surface area contributed by atoms with E-state index in [0.717, 1.165) is 32.0 Å². The van der Waals surface area contributed by atoms with Crippen molar-refractivity contribution >= 4 is 35.2 Å². The number of nitrogens with zero attached hydrogens (tertiary/aromatic N) is 2. The second kappa shape index (κ2) is 7.82. The van der Waals surface area contributed by atoms with Crippen molar-refractivity contribution in [2.75, 3.05) is 30.0 Å². The summed E-state index contributed by atoms with van der Waals surface area (Å²) < 4.78 is 0. The standard InChI is InChI=1S/C18H21N3O4S/c1-2-16(23)19-12-5-6-15(22)13(9-12)17(24)21-11-26-10-14(21)18(25)20-7-3-4-8-20/h2,5-6,9,14,22H,1,3-4,7-8,10-11H2,(H,19,23). The molecule has 0 spiro atoms. The molecule has 2 aliphatic heterocycles. The first-order valence-electron chi connectivity index (χ1n) is 8.45. The van der Waals surface area contributed by atoms with Crippen molar-refractivity contribution in [2.45, 2.75) is 18.9 Å². The Morgan fingerprint density at radius 2 is 2.00 bits per heavy atom. The highest BCUT2D eigenvalue weighted by Crippen LogP contribution is 2.29. The van der Waals surface area contributed by atoms with E-state index in [4.69, 9.17) is 0 Å². The molecule has 0 aliphatic carbocycles. The lowest BCUT2D eigenvalue weighted by atomic mass is 10.1. The van der Waals surface area contributed by atoms with Crippen LogP contribution < -0.4 is 5.32 Å². The van der Waals surface area contributed by atoms with E-state index < -0.39 is 17.9 Å². The summed E-state index contributed by atoms with van der Waals surface area (Å²) in [5.41, 5.74) is 0.443. The number of likely N-dealkylation sites (tertiary alicyclic amines) is 1. The average Bonchev–Trinajstić information content (AvgIpc) is 3.33. The molecule has 2 aliphatic rings. The minimum Gasteiger partial charge on any atom is -0.507 e. The van der Waals surface area contributed by atoms with Crippen LogP contribution >= 0.6 is 11.8 Å². The molecule has 138 valence electrons. The molecule has 2 fully saturated rings. The second-order valence-electron chi connectivity index (χ2n) is 6.25. The summed E-state index contributed by atoms with van der Waals surface area (Å²) in [6.07, 6.45) is 3.10. The van der Waals surface area contributed by atoms with Crippen LogP contribution in [0.25, 0.3) is 0 Å². The molecule has 1 atom stereocenters. The molecule has 1 unspecified atom stereocenters. The van der Waals surface area contributed by atoms with Crippen LogP contribution in [0.15, 0.2) is 30.9 Å². The first kappa shape index (κ1) is 18.3. The van der Waals surface area contributed by atoms with Crippen molar-refractivity contribution in [3.63, 3.8) is 0 Å². The van der Waals surface area contributed by atoms with Gasteiger partial charge in [-0.1, -0.05) is 6.58 Å². The summed E-state index contributed by atoms with van der Waals surface area (Å²) in [6.45, 7) is 4.85. The first-order chi connectivity index (χ1) is 12.5. The zero-order valence-corrected chi connectivity index (χ0v) is 15.1. The normalized spacial score (nSPS) is 19.5. The molecule has 2 heterocycles. The fraction of sp³-hybridized carbons (Fsp3) is 0.389. The number of aromatic hydroxyl groups is 1. The first-order valence-corrected chi connectivity index (χ1v) is 9.60. The molecule has 26 heavy (non-hydrogen) atoms. The predicted molar refractivity (Wildman–Crippen MR) is 100 cm³/mol. The van der Waals surface area contributed by atoms with Crippen molar-refractivity contribution in [3.05, 3.63) is 36.4 Å². The Bertz CT molecular complexity index is 746. The highest BCUT2D eigenvalue weighted by Gasteiger charge is 2.38. The summed E-state index contributed by atoms with van der Waals surface area (Å²) in [5, 5.41) is 12.7. The Kier molecular flexibility index (Phi) is 5.51. The van der Waals surface area contributed by atoms with Crippen LogP contribution in [0.5, 0.6) is 5.75 Å². The van der Waals surface area contributed by atoms with Crippen LogP contribution in [0.1, 0.15) is 23.2 Å². The van der Waals surface area contributed by atoms with Gasteiger partial charge in [-0.2, -0.15) is 0 Å². The minimum atomic E-state index is -0.517. The number of phenolic OH excluding ortho intramolecular Hbond substituents is 1. The molecule has 0 radical (unpaired) electrons. The van der Waals surface area contributed by atoms with Crippen molar-refractivity contribution < 1.29 is 19.5 Å². The van der Waals surface area contributed by atoms with Crippen molar-refractivity contribution in [1.82, 2.24) is 9.80 Å². The maximum atomic E-state index is 13.0. The maximum absolute atomic E-state index is 13.0. The quantitative estimate of drug-likeness (QED) is 0.617. The van der Waals surface area contributed by atoms with Crippen molar-refractivity contribution in [1.29, 1.82) is 0 Å². The molecule has 2 saturated heterocycles. The number of nitrogens with one attached hydrogen (secondary N) is 1. The molecule has 3 amide bonds. The van der Waals surface area contributed by atoms with Gasteiger partial charge in [-0.3, -0.25) is 14.4 Å². The molecular weight excluding hydrogens is 354 g/mol. The summed E-state index contributed by atoms with van der Waals surface area (Å²) >= 11 is 1.52. The number of anilines is 1. The molecule has 1 aromatic rings. The Labute approximate surface area is 156 Å². The number of hydrogen-bond donors (Lipinski definition) is 2. The topological polar surface area (TPSA) is 90.0 Å². The highest BCUT2D eigenvalue weighted by molar-refractivity contribution is 7.99. The van der Waals surface area contributed by atoms with Gasteiger partial charge < -0.3 is 20.2 Å². The van der Waals surface area contributed by atoms with E-state index in [1.807, 2.05) is 0 Å². The Morgan fingerprint density at radius 3 is 2.69 bits per heavy atom. The smallest absolute Gasteiger partial charge is 0.259 e. The number of rotatable bonds is 4. The van der Waals surface area contributed by atoms with Crippen LogP contribution in [0, 0.1) is 0 Å². The third kappa shape index (κ3) is 3.70. The van der Waals surface area contributed by atoms with E-state index in [1.165, 1.54) is 34.9 Å². The van der Waals surface area contributed by atoms with Gasteiger partial charge in [0.1, 0.15) is 11.8 Å². The zero-order valence-electron chi connectivity index (χ0n) is 14.3. The lowest BCUT2D eigenvalue weighted by Crippen LogP contribution is -2.48. The molecule has 0 aromatic heterocycles. The van der Waals surface area contributed by atoms with Gasteiger partial charge in [0, 0.05) is 24.5 Å². The van der Waals surface area contributed by atoms with E-state index in [0.29, 0.717) is 17.3 Å². The van der Waals surface area contributed by atoms with Crippen LogP contribution in [-0.2, 0) is 9.59 Å². The van der Waals surface area contributed by atoms with Crippen LogP contribution in [-0.4, -0.2) is 63.4 Å². The lowest BCUT2D eigenvalue weighted by Gasteiger charge is -2.27. The largest absolute Gasteiger partial charge is 0.507 e. The minimum absolute atomic E-state index is 0.0311. The predicted octanol–water partition coefficient (Wildman–Crippen LogP) is 1.65. The van der Waals surface area contributed by atoms with Crippen LogP contribution in [0.3, 0.4) is 0 Å². The molecular formula is C18H21N3O4S. The van der Waals surface area contributed by atoms with Gasteiger partial charge in [-0.15, -0.1) is 11.8 Å². The van der Waals surface area contributed by atoms with Gasteiger partial charge in [-0.25, -0.2) is 0 Å². The van der Waals surface area contributed by atoms with Gasteiger partial charge >= 0.3 is 0 Å². The van der Waals surface area contributed by atoms with E-state index in [-0.39, 0.29) is 17.2 Å². The summed E-state index contributed by atoms with van der Waals surface area (Å²) in [6, 6.07) is 3.75. The van der Waals surface area contributed by atoms with Gasteiger partial charge in [0.2, 0.25) is 11.8 Å². The highest BCUT2D eigenvalue weighted by atomic mass is 32.2. The average molecular weight is 375 g/mol. The summed E-state index contributed by atoms with van der Waals surface area (Å²) in [7, 11) is 0. The number of phenols is 1. The third-order valence-corrected chi connectivity index (χ3v) is 5.54. The zero-order chi connectivity index (χ0) is 18.7. The van der Waals surface area contributed by atoms with Crippen LogP contribution in [0.2, 0.25) is 0 Å². The van der Waals surface area contributed by atoms with Gasteiger partial charge in [-0.05, 0) is 37.1 Å². The van der Waals surface area contributed by atoms with Gasteiger partial charge in [0.15, 0.2) is 0 Å². The number of carbonyl (C=O) groups is 3. The van der Waals surface area contributed by atoms with Gasteiger partial charge in [0.05, 0.1) is 11.4 Å². The number of hydrogen-bond acceptors (Lipinski definition) is 5. The van der Waals surface area contributed by atoms with Crippen LogP contribution in [0.4, 0.5) is 5.69 Å². The van der Waals surface area contributed by atoms with E-state index in [1.54, 1.807) is 4.90 Å². The Hall–Kier alpha value is -2.48. The monoisotopic (exact) mass is 375 g/mol. The van der Waals surface area contributed by atoms with E-state index in [2.05, 4.69) is 11.9 Å². The molecule has 7 nitrogen and oxygen atoms in total. The maximum Gasteiger partial charge on any atom is 0.259 e. The molecule has 2 N–H and O–H groups in total. The number of thioether (sulfide) groups is 1. The molecule has 1 aromatic carbocycles. The Morgan fingerprint density at radius 1 is 1.27 bits per heavy atom. The number of amides is 3. The molecule has 0 bridgehead atoms. The van der Waals surface area contributed by atoms with Gasteiger partial charge in [0.25, 0.3) is 5.91 Å². The number of benzene rings is 1. The second-order valence-corrected chi connectivity index (χ2v) is 7.25. The Balaban J connectivity index is 1.81. The fourth-order valence-electron chi connectivity index (χ4n) is 3.13. The number of carbonyl (C=O) groups excluding carboxylic acids is 3. The summed E-state index contributed by atoms with van der Waals surface area (Å²) in [4.78, 5) is 40.4. The van der Waals surface area contributed by atoms with Crippen molar-refractivity contribution in [2.24, 2.45) is 0 Å².